The lowest BCUT2D eigenvalue weighted by molar-refractivity contribution is -0.386. The lowest BCUT2D eigenvalue weighted by Gasteiger charge is -2.49. The maximum atomic E-state index is 13.5. The van der Waals surface area contributed by atoms with E-state index in [1.807, 2.05) is 13.8 Å². The molecule has 10 heteroatoms. The standard InChI is InChI=1S/C26H29N3O6S/c1-13-11-27-25(36-13)28-22(32)6-5-17-19(12-30)24(33)26(2)8-7-15-16(23(17)26)4-3-14-9-21(31)20(29(34)35)10-18(14)15/h9-12,15-17,23,30-31H,3-8H2,1-2H3,(H,27,28,32)/b19-12+. The molecule has 2 aromatic rings. The monoisotopic (exact) mass is 511 g/mol. The first-order chi connectivity index (χ1) is 17.1. The van der Waals surface area contributed by atoms with Crippen molar-refractivity contribution in [3.05, 3.63) is 56.3 Å². The Morgan fingerprint density at radius 3 is 2.83 bits per heavy atom. The number of rotatable bonds is 5. The van der Waals surface area contributed by atoms with Crippen molar-refractivity contribution >= 4 is 33.8 Å². The summed E-state index contributed by atoms with van der Waals surface area (Å²) in [6, 6.07) is 3.01. The molecule has 1 amide bonds. The van der Waals surface area contributed by atoms with Crippen LogP contribution in [0.5, 0.6) is 5.75 Å². The Morgan fingerprint density at radius 1 is 1.39 bits per heavy atom. The molecule has 190 valence electrons. The molecule has 3 aliphatic rings. The van der Waals surface area contributed by atoms with Crippen molar-refractivity contribution < 1.29 is 24.7 Å². The molecular weight excluding hydrogens is 482 g/mol. The van der Waals surface area contributed by atoms with Gasteiger partial charge in [-0.15, -0.1) is 11.3 Å². The van der Waals surface area contributed by atoms with Crippen LogP contribution in [-0.4, -0.2) is 31.8 Å². The van der Waals surface area contributed by atoms with E-state index in [0.29, 0.717) is 36.4 Å². The summed E-state index contributed by atoms with van der Waals surface area (Å²) in [6.45, 7) is 3.88. The van der Waals surface area contributed by atoms with E-state index in [4.69, 9.17) is 0 Å². The number of hydrogen-bond donors (Lipinski definition) is 3. The Bertz CT molecular complexity index is 1290. The first kappa shape index (κ1) is 24.4. The third-order valence-corrected chi connectivity index (χ3v) is 9.40. The van der Waals surface area contributed by atoms with Gasteiger partial charge in [0.15, 0.2) is 16.7 Å². The van der Waals surface area contributed by atoms with Crippen LogP contribution < -0.4 is 5.32 Å². The van der Waals surface area contributed by atoms with Crippen LogP contribution in [0.25, 0.3) is 0 Å². The maximum Gasteiger partial charge on any atom is 0.310 e. The topological polar surface area (TPSA) is 143 Å². The summed E-state index contributed by atoms with van der Waals surface area (Å²) in [4.78, 5) is 42.2. The van der Waals surface area contributed by atoms with Crippen LogP contribution in [0.1, 0.15) is 60.9 Å². The third kappa shape index (κ3) is 3.87. The van der Waals surface area contributed by atoms with Gasteiger partial charge in [-0.25, -0.2) is 4.98 Å². The normalized spacial score (nSPS) is 29.9. The van der Waals surface area contributed by atoms with Crippen LogP contribution >= 0.6 is 11.3 Å². The van der Waals surface area contributed by atoms with Gasteiger partial charge in [-0.2, -0.15) is 0 Å². The number of amides is 1. The number of anilines is 1. The highest BCUT2D eigenvalue weighted by atomic mass is 32.1. The Kier molecular flexibility index (Phi) is 6.10. The molecule has 1 aromatic carbocycles. The zero-order valence-corrected chi connectivity index (χ0v) is 21.0. The minimum absolute atomic E-state index is 0.0200. The summed E-state index contributed by atoms with van der Waals surface area (Å²) in [6.07, 6.45) is 5.96. The lowest BCUT2D eigenvalue weighted by atomic mass is 9.54. The van der Waals surface area contributed by atoms with Crippen LogP contribution in [0, 0.1) is 40.2 Å². The van der Waals surface area contributed by atoms with Gasteiger partial charge in [-0.3, -0.25) is 19.7 Å². The molecule has 2 saturated carbocycles. The number of fused-ring (bicyclic) bond motifs is 5. The number of aromatic hydroxyl groups is 1. The number of aryl methyl sites for hydroxylation is 2. The van der Waals surface area contributed by atoms with Gasteiger partial charge < -0.3 is 15.5 Å². The molecule has 5 rings (SSSR count). The molecule has 1 heterocycles. The molecule has 5 atom stereocenters. The van der Waals surface area contributed by atoms with Gasteiger partial charge in [0.2, 0.25) is 5.91 Å². The minimum Gasteiger partial charge on any atom is -0.515 e. The molecule has 3 aliphatic carbocycles. The molecule has 2 fully saturated rings. The summed E-state index contributed by atoms with van der Waals surface area (Å²) in [5.41, 5.74) is 1.22. The SMILES string of the molecule is Cc1cnc(NC(=O)CCC2/C(=C\O)C(=O)C3(C)CCC4c5cc([N+](=O)[O-])c(O)cc5CCC4C23)s1. The Balaban J connectivity index is 1.44. The number of nitro benzene ring substituents is 1. The number of thiazole rings is 1. The van der Waals surface area contributed by atoms with Gasteiger partial charge >= 0.3 is 5.69 Å². The highest BCUT2D eigenvalue weighted by molar-refractivity contribution is 7.15. The number of phenols is 1. The number of benzene rings is 1. The van der Waals surface area contributed by atoms with Crippen molar-refractivity contribution in [2.45, 2.75) is 58.3 Å². The Labute approximate surface area is 212 Å². The molecular formula is C26H29N3O6S. The number of allylic oxidation sites excluding steroid dienone is 1. The summed E-state index contributed by atoms with van der Waals surface area (Å²) in [5, 5.41) is 35.0. The van der Waals surface area contributed by atoms with Gasteiger partial charge in [0.05, 0.1) is 11.2 Å². The fourth-order valence-electron chi connectivity index (χ4n) is 7.06. The van der Waals surface area contributed by atoms with Gasteiger partial charge in [0.25, 0.3) is 0 Å². The number of aromatic nitrogens is 1. The number of ketones is 1. The number of nitro groups is 1. The van der Waals surface area contributed by atoms with E-state index in [2.05, 4.69) is 10.3 Å². The van der Waals surface area contributed by atoms with Crippen molar-refractivity contribution in [3.8, 4) is 5.75 Å². The van der Waals surface area contributed by atoms with Crippen molar-refractivity contribution in [3.63, 3.8) is 0 Å². The number of carbonyl (C=O) groups is 2. The molecule has 0 radical (unpaired) electrons. The summed E-state index contributed by atoms with van der Waals surface area (Å²) >= 11 is 1.40. The largest absolute Gasteiger partial charge is 0.515 e. The molecule has 9 nitrogen and oxygen atoms in total. The average molecular weight is 512 g/mol. The Hall–Kier alpha value is -3.27. The summed E-state index contributed by atoms with van der Waals surface area (Å²) in [7, 11) is 0. The van der Waals surface area contributed by atoms with E-state index < -0.39 is 10.3 Å². The first-order valence-corrected chi connectivity index (χ1v) is 13.1. The van der Waals surface area contributed by atoms with Gasteiger partial charge in [-0.1, -0.05) is 6.92 Å². The van der Waals surface area contributed by atoms with Crippen LogP contribution in [-0.2, 0) is 16.0 Å². The zero-order valence-electron chi connectivity index (χ0n) is 20.2. The molecule has 0 saturated heterocycles. The summed E-state index contributed by atoms with van der Waals surface area (Å²) in [5.74, 6) is -0.829. The van der Waals surface area contributed by atoms with E-state index in [1.165, 1.54) is 23.5 Å². The molecule has 0 aliphatic heterocycles. The fourth-order valence-corrected chi connectivity index (χ4v) is 7.74. The Morgan fingerprint density at radius 2 is 2.17 bits per heavy atom. The zero-order chi connectivity index (χ0) is 25.8. The summed E-state index contributed by atoms with van der Waals surface area (Å²) < 4.78 is 0. The second kappa shape index (κ2) is 8.99. The highest BCUT2D eigenvalue weighted by Crippen LogP contribution is 2.63. The highest BCUT2D eigenvalue weighted by Gasteiger charge is 2.60. The number of Topliss-reactive ketones (excluding diaryl/α,β-unsaturated/α-hetero) is 1. The number of aliphatic hydroxyl groups is 1. The van der Waals surface area contributed by atoms with E-state index in [9.17, 15) is 29.9 Å². The molecule has 36 heavy (non-hydrogen) atoms. The first-order valence-electron chi connectivity index (χ1n) is 12.3. The number of carbonyl (C=O) groups excluding carboxylic acids is 2. The van der Waals surface area contributed by atoms with Crippen molar-refractivity contribution in [2.24, 2.45) is 23.2 Å². The van der Waals surface area contributed by atoms with Gasteiger partial charge in [0, 0.05) is 34.5 Å². The molecule has 0 spiro atoms. The predicted octanol–water partition coefficient (Wildman–Crippen LogP) is 5.19. The predicted molar refractivity (Wildman–Crippen MR) is 134 cm³/mol. The lowest BCUT2D eigenvalue weighted by Crippen LogP contribution is -2.44. The van der Waals surface area contributed by atoms with E-state index in [0.717, 1.165) is 28.7 Å². The maximum absolute atomic E-state index is 13.5. The van der Waals surface area contributed by atoms with Crippen LogP contribution in [0.2, 0.25) is 0 Å². The molecule has 5 unspecified atom stereocenters. The van der Waals surface area contributed by atoms with E-state index >= 15 is 0 Å². The third-order valence-electron chi connectivity index (χ3n) is 8.57. The van der Waals surface area contributed by atoms with Gasteiger partial charge in [0.1, 0.15) is 0 Å². The van der Waals surface area contributed by atoms with Gasteiger partial charge in [-0.05, 0) is 79.9 Å². The number of hydrogen-bond acceptors (Lipinski definition) is 8. The average Bonchev–Trinajstić information content (AvgIpc) is 3.34. The number of nitrogens with zero attached hydrogens (tertiary/aromatic N) is 2. The quantitative estimate of drug-likeness (QED) is 0.217. The van der Waals surface area contributed by atoms with Crippen molar-refractivity contribution in [1.29, 1.82) is 0 Å². The van der Waals surface area contributed by atoms with E-state index in [1.54, 1.807) is 6.20 Å². The molecule has 3 N–H and O–H groups in total. The van der Waals surface area contributed by atoms with Crippen LogP contribution in [0.3, 0.4) is 0 Å². The number of phenolic OH excluding ortho intramolecular Hbond substituents is 1. The van der Waals surface area contributed by atoms with Crippen LogP contribution in [0.4, 0.5) is 10.8 Å². The second-order valence-corrected chi connectivity index (χ2v) is 11.7. The fraction of sp³-hybridized carbons (Fsp3) is 0.500. The van der Waals surface area contributed by atoms with E-state index in [-0.39, 0.29) is 53.2 Å². The minimum atomic E-state index is -0.649. The van der Waals surface area contributed by atoms with Crippen molar-refractivity contribution in [1.82, 2.24) is 4.98 Å². The molecule has 1 aromatic heterocycles. The second-order valence-electron chi connectivity index (χ2n) is 10.5. The number of aliphatic hydroxyl groups excluding tert-OH is 1. The molecule has 0 bridgehead atoms. The number of nitrogens with one attached hydrogen (secondary N) is 1. The smallest absolute Gasteiger partial charge is 0.310 e. The van der Waals surface area contributed by atoms with Crippen molar-refractivity contribution in [2.75, 3.05) is 5.32 Å². The van der Waals surface area contributed by atoms with Crippen LogP contribution in [0.15, 0.2) is 30.2 Å².